The van der Waals surface area contributed by atoms with Crippen LogP contribution >= 0.6 is 0 Å². The van der Waals surface area contributed by atoms with Gasteiger partial charge in [-0.3, -0.25) is 4.79 Å². The summed E-state index contributed by atoms with van der Waals surface area (Å²) in [7, 11) is 1.46. The predicted octanol–water partition coefficient (Wildman–Crippen LogP) is 3.10. The standard InChI is InChI=1S/C16H12FNO3/c1-20-16-6-11(9-19)2-5-15(16)21-10-13-7-14(17)4-3-12(13)8-18/h2-7,9H,10H2,1H3. The van der Waals surface area contributed by atoms with Crippen molar-refractivity contribution in [3.63, 3.8) is 0 Å². The normalized spacial score (nSPS) is 9.76. The fourth-order valence-electron chi connectivity index (χ4n) is 1.82. The van der Waals surface area contributed by atoms with Crippen molar-refractivity contribution in [1.29, 1.82) is 5.26 Å². The molecule has 0 aliphatic rings. The van der Waals surface area contributed by atoms with Crippen LogP contribution in [0.5, 0.6) is 11.5 Å². The Morgan fingerprint density at radius 2 is 2.05 bits per heavy atom. The Morgan fingerprint density at radius 3 is 2.71 bits per heavy atom. The van der Waals surface area contributed by atoms with Crippen LogP contribution in [0, 0.1) is 17.1 Å². The molecule has 0 heterocycles. The molecule has 2 rings (SSSR count). The Balaban J connectivity index is 2.22. The molecule has 0 aliphatic carbocycles. The number of nitrogens with zero attached hydrogens (tertiary/aromatic N) is 1. The second-order valence-corrected chi connectivity index (χ2v) is 4.23. The van der Waals surface area contributed by atoms with E-state index in [0.29, 0.717) is 34.5 Å². The molecule has 0 atom stereocenters. The van der Waals surface area contributed by atoms with Crippen LogP contribution < -0.4 is 9.47 Å². The number of hydrogen-bond donors (Lipinski definition) is 0. The monoisotopic (exact) mass is 285 g/mol. The molecule has 0 radical (unpaired) electrons. The zero-order chi connectivity index (χ0) is 15.2. The van der Waals surface area contributed by atoms with E-state index in [0.717, 1.165) is 0 Å². The predicted molar refractivity (Wildman–Crippen MR) is 73.8 cm³/mol. The van der Waals surface area contributed by atoms with Crippen LogP contribution in [-0.4, -0.2) is 13.4 Å². The van der Waals surface area contributed by atoms with E-state index in [9.17, 15) is 9.18 Å². The van der Waals surface area contributed by atoms with Crippen LogP contribution in [0.15, 0.2) is 36.4 Å². The Bertz CT molecular complexity index is 707. The summed E-state index contributed by atoms with van der Waals surface area (Å²) < 4.78 is 23.9. The molecule has 0 spiro atoms. The van der Waals surface area contributed by atoms with Crippen LogP contribution in [0.1, 0.15) is 21.5 Å². The molecule has 2 aromatic rings. The molecule has 0 aliphatic heterocycles. The number of aldehydes is 1. The molecule has 2 aromatic carbocycles. The maximum absolute atomic E-state index is 13.2. The van der Waals surface area contributed by atoms with E-state index in [2.05, 4.69) is 0 Å². The van der Waals surface area contributed by atoms with Gasteiger partial charge < -0.3 is 9.47 Å². The summed E-state index contributed by atoms with van der Waals surface area (Å²) in [4.78, 5) is 10.7. The molecule has 4 nitrogen and oxygen atoms in total. The third kappa shape index (κ3) is 3.37. The minimum Gasteiger partial charge on any atom is -0.493 e. The second-order valence-electron chi connectivity index (χ2n) is 4.23. The number of carbonyl (C=O) groups excluding carboxylic acids is 1. The summed E-state index contributed by atoms with van der Waals surface area (Å²) in [5.74, 6) is 0.377. The maximum Gasteiger partial charge on any atom is 0.161 e. The molecule has 0 fully saturated rings. The minimum absolute atomic E-state index is 0.0252. The van der Waals surface area contributed by atoms with Crippen LogP contribution in [0.2, 0.25) is 0 Å². The van der Waals surface area contributed by atoms with Gasteiger partial charge in [0.1, 0.15) is 18.7 Å². The Morgan fingerprint density at radius 1 is 1.24 bits per heavy atom. The largest absolute Gasteiger partial charge is 0.493 e. The first-order valence-electron chi connectivity index (χ1n) is 6.12. The molecular formula is C16H12FNO3. The molecule has 0 saturated carbocycles. The first-order chi connectivity index (χ1) is 10.2. The molecule has 0 N–H and O–H groups in total. The quantitative estimate of drug-likeness (QED) is 0.792. The summed E-state index contributed by atoms with van der Waals surface area (Å²) in [5, 5.41) is 8.98. The zero-order valence-electron chi connectivity index (χ0n) is 11.3. The summed E-state index contributed by atoms with van der Waals surface area (Å²) in [6, 6.07) is 10.6. The zero-order valence-corrected chi connectivity index (χ0v) is 11.3. The van der Waals surface area contributed by atoms with Crippen molar-refractivity contribution in [2.24, 2.45) is 0 Å². The highest BCUT2D eigenvalue weighted by atomic mass is 19.1. The van der Waals surface area contributed by atoms with Crippen molar-refractivity contribution in [3.8, 4) is 17.6 Å². The van der Waals surface area contributed by atoms with Crippen LogP contribution in [0.4, 0.5) is 4.39 Å². The number of halogens is 1. The summed E-state index contributed by atoms with van der Waals surface area (Å²) in [5.41, 5.74) is 1.25. The summed E-state index contributed by atoms with van der Waals surface area (Å²) >= 11 is 0. The number of benzene rings is 2. The van der Waals surface area contributed by atoms with Crippen molar-refractivity contribution in [2.75, 3.05) is 7.11 Å². The van der Waals surface area contributed by atoms with Crippen molar-refractivity contribution in [1.82, 2.24) is 0 Å². The highest BCUT2D eigenvalue weighted by molar-refractivity contribution is 5.76. The molecule has 0 bridgehead atoms. The maximum atomic E-state index is 13.2. The Labute approximate surface area is 121 Å². The third-order valence-corrected chi connectivity index (χ3v) is 2.89. The van der Waals surface area contributed by atoms with E-state index in [1.807, 2.05) is 6.07 Å². The fraction of sp³-hybridized carbons (Fsp3) is 0.125. The van der Waals surface area contributed by atoms with Gasteiger partial charge in [-0.05, 0) is 36.4 Å². The van der Waals surface area contributed by atoms with E-state index in [-0.39, 0.29) is 6.61 Å². The van der Waals surface area contributed by atoms with E-state index >= 15 is 0 Å². The minimum atomic E-state index is -0.434. The summed E-state index contributed by atoms with van der Waals surface area (Å²) in [6.45, 7) is 0.0252. The van der Waals surface area contributed by atoms with Gasteiger partial charge in [0, 0.05) is 11.1 Å². The highest BCUT2D eigenvalue weighted by Crippen LogP contribution is 2.28. The van der Waals surface area contributed by atoms with Crippen molar-refractivity contribution >= 4 is 6.29 Å². The van der Waals surface area contributed by atoms with Crippen LogP contribution in [0.25, 0.3) is 0 Å². The Hall–Kier alpha value is -2.87. The van der Waals surface area contributed by atoms with Crippen molar-refractivity contribution < 1.29 is 18.7 Å². The van der Waals surface area contributed by atoms with Gasteiger partial charge in [-0.15, -0.1) is 0 Å². The topological polar surface area (TPSA) is 59.3 Å². The van der Waals surface area contributed by atoms with Gasteiger partial charge in [-0.25, -0.2) is 4.39 Å². The third-order valence-electron chi connectivity index (χ3n) is 2.89. The number of carbonyl (C=O) groups is 1. The molecule has 21 heavy (non-hydrogen) atoms. The van der Waals surface area contributed by atoms with Crippen molar-refractivity contribution in [3.05, 3.63) is 58.9 Å². The van der Waals surface area contributed by atoms with Gasteiger partial charge in [-0.2, -0.15) is 5.26 Å². The van der Waals surface area contributed by atoms with E-state index in [1.165, 1.54) is 25.3 Å². The van der Waals surface area contributed by atoms with Crippen molar-refractivity contribution in [2.45, 2.75) is 6.61 Å². The van der Waals surface area contributed by atoms with E-state index in [1.54, 1.807) is 18.2 Å². The molecule has 0 unspecified atom stereocenters. The number of rotatable bonds is 5. The lowest BCUT2D eigenvalue weighted by molar-refractivity contribution is 0.112. The SMILES string of the molecule is COc1cc(C=O)ccc1OCc1cc(F)ccc1C#N. The average Bonchev–Trinajstić information content (AvgIpc) is 2.52. The average molecular weight is 285 g/mol. The lowest BCUT2D eigenvalue weighted by Gasteiger charge is -2.11. The lowest BCUT2D eigenvalue weighted by atomic mass is 10.1. The fourth-order valence-corrected chi connectivity index (χ4v) is 1.82. The number of ether oxygens (including phenoxy) is 2. The molecule has 106 valence electrons. The molecule has 0 saturated heterocycles. The number of nitriles is 1. The molecule has 0 aromatic heterocycles. The summed E-state index contributed by atoms with van der Waals surface area (Å²) in [6.07, 6.45) is 0.701. The second kappa shape index (κ2) is 6.53. The van der Waals surface area contributed by atoms with Gasteiger partial charge in [-0.1, -0.05) is 0 Å². The van der Waals surface area contributed by atoms with Gasteiger partial charge in [0.15, 0.2) is 11.5 Å². The first kappa shape index (κ1) is 14.5. The lowest BCUT2D eigenvalue weighted by Crippen LogP contribution is -2.01. The smallest absolute Gasteiger partial charge is 0.161 e. The van der Waals surface area contributed by atoms with Gasteiger partial charge >= 0.3 is 0 Å². The molecular weight excluding hydrogens is 273 g/mol. The van der Waals surface area contributed by atoms with Gasteiger partial charge in [0.25, 0.3) is 0 Å². The van der Waals surface area contributed by atoms with Crippen LogP contribution in [-0.2, 0) is 6.61 Å². The van der Waals surface area contributed by atoms with E-state index in [4.69, 9.17) is 14.7 Å². The van der Waals surface area contributed by atoms with Gasteiger partial charge in [0.2, 0.25) is 0 Å². The molecule has 5 heteroatoms. The van der Waals surface area contributed by atoms with E-state index < -0.39 is 5.82 Å². The Kier molecular flexibility index (Phi) is 4.52. The number of methoxy groups -OCH3 is 1. The van der Waals surface area contributed by atoms with Gasteiger partial charge in [0.05, 0.1) is 18.7 Å². The first-order valence-corrected chi connectivity index (χ1v) is 6.12. The van der Waals surface area contributed by atoms with Crippen LogP contribution in [0.3, 0.4) is 0 Å². The number of hydrogen-bond acceptors (Lipinski definition) is 4. The molecule has 0 amide bonds. The highest BCUT2D eigenvalue weighted by Gasteiger charge is 2.09.